The van der Waals surface area contributed by atoms with Gasteiger partial charge in [0.05, 0.1) is 13.2 Å². The molecule has 144 valence electrons. The summed E-state index contributed by atoms with van der Waals surface area (Å²) in [5.41, 5.74) is 3.19. The third-order valence-electron chi connectivity index (χ3n) is 4.70. The maximum absolute atomic E-state index is 12.3. The van der Waals surface area contributed by atoms with Crippen LogP contribution in [-0.4, -0.2) is 50.1 Å². The van der Waals surface area contributed by atoms with Crippen molar-refractivity contribution >= 4 is 28.9 Å². The number of amides is 1. The number of ether oxygens (including phenoxy) is 1. The van der Waals surface area contributed by atoms with Gasteiger partial charge in [0.25, 0.3) is 0 Å². The van der Waals surface area contributed by atoms with Gasteiger partial charge in [-0.05, 0) is 55.8 Å². The molecule has 2 aromatic carbocycles. The molecule has 0 spiro atoms. The minimum absolute atomic E-state index is 0.00606. The average Bonchev–Trinajstić information content (AvgIpc) is 2.66. The Morgan fingerprint density at radius 1 is 1.11 bits per heavy atom. The fourth-order valence-corrected chi connectivity index (χ4v) is 3.44. The van der Waals surface area contributed by atoms with Gasteiger partial charge in [-0.2, -0.15) is 0 Å². The lowest BCUT2D eigenvalue weighted by Gasteiger charge is -2.36. The van der Waals surface area contributed by atoms with Crippen LogP contribution in [0.3, 0.4) is 0 Å². The normalized spacial score (nSPS) is 14.9. The molecule has 0 bridgehead atoms. The van der Waals surface area contributed by atoms with Crippen LogP contribution in [0.5, 0.6) is 5.75 Å². The van der Waals surface area contributed by atoms with Crippen LogP contribution in [-0.2, 0) is 4.79 Å². The quantitative estimate of drug-likeness (QED) is 0.818. The van der Waals surface area contributed by atoms with Gasteiger partial charge in [-0.15, -0.1) is 0 Å². The molecule has 1 aliphatic heterocycles. The maximum Gasteiger partial charge on any atom is 0.238 e. The van der Waals surface area contributed by atoms with E-state index in [-0.39, 0.29) is 5.91 Å². The molecule has 1 N–H and O–H groups in total. The molecular formula is C21H26ClN3O2. The van der Waals surface area contributed by atoms with E-state index in [2.05, 4.69) is 22.0 Å². The van der Waals surface area contributed by atoms with Crippen molar-refractivity contribution in [3.63, 3.8) is 0 Å². The van der Waals surface area contributed by atoms with Gasteiger partial charge in [-0.1, -0.05) is 17.7 Å². The molecule has 0 aliphatic carbocycles. The lowest BCUT2D eigenvalue weighted by molar-refractivity contribution is -0.117. The largest absolute Gasteiger partial charge is 0.494 e. The lowest BCUT2D eigenvalue weighted by Crippen LogP contribution is -2.48. The zero-order valence-corrected chi connectivity index (χ0v) is 16.6. The fraction of sp³-hybridized carbons (Fsp3) is 0.381. The van der Waals surface area contributed by atoms with E-state index in [1.807, 2.05) is 49.4 Å². The summed E-state index contributed by atoms with van der Waals surface area (Å²) in [5.74, 6) is 0.814. The number of nitrogens with one attached hydrogen (secondary N) is 1. The molecule has 0 atom stereocenters. The van der Waals surface area contributed by atoms with Gasteiger partial charge < -0.3 is 15.0 Å². The van der Waals surface area contributed by atoms with Gasteiger partial charge in [-0.3, -0.25) is 9.69 Å². The predicted molar refractivity (Wildman–Crippen MR) is 111 cm³/mol. The lowest BCUT2D eigenvalue weighted by atomic mass is 10.1. The molecule has 1 fully saturated rings. The van der Waals surface area contributed by atoms with E-state index in [1.54, 1.807) is 0 Å². The Bertz CT molecular complexity index is 771. The van der Waals surface area contributed by atoms with E-state index in [0.29, 0.717) is 13.2 Å². The highest BCUT2D eigenvalue weighted by Crippen LogP contribution is 2.25. The van der Waals surface area contributed by atoms with Crippen molar-refractivity contribution in [1.29, 1.82) is 0 Å². The average molecular weight is 388 g/mol. The number of rotatable bonds is 6. The van der Waals surface area contributed by atoms with Crippen LogP contribution in [0, 0.1) is 6.92 Å². The van der Waals surface area contributed by atoms with Crippen LogP contribution in [0.15, 0.2) is 42.5 Å². The Morgan fingerprint density at radius 2 is 1.81 bits per heavy atom. The van der Waals surface area contributed by atoms with Crippen molar-refractivity contribution in [2.24, 2.45) is 0 Å². The minimum atomic E-state index is 0.00606. The number of carbonyl (C=O) groups excluding carboxylic acids is 1. The molecule has 1 heterocycles. The summed E-state index contributed by atoms with van der Waals surface area (Å²) < 4.78 is 5.42. The summed E-state index contributed by atoms with van der Waals surface area (Å²) in [6.07, 6.45) is 0. The summed E-state index contributed by atoms with van der Waals surface area (Å²) in [7, 11) is 0. The molecule has 0 unspecified atom stereocenters. The van der Waals surface area contributed by atoms with E-state index < -0.39 is 0 Å². The number of hydrogen-bond donors (Lipinski definition) is 1. The smallest absolute Gasteiger partial charge is 0.238 e. The van der Waals surface area contributed by atoms with Crippen LogP contribution in [0.25, 0.3) is 0 Å². The maximum atomic E-state index is 12.3. The number of piperazine rings is 1. The van der Waals surface area contributed by atoms with E-state index in [1.165, 1.54) is 11.3 Å². The molecule has 0 radical (unpaired) electrons. The molecule has 0 aromatic heterocycles. The first kappa shape index (κ1) is 19.5. The van der Waals surface area contributed by atoms with Gasteiger partial charge in [0.2, 0.25) is 5.91 Å². The number of aryl methyl sites for hydroxylation is 1. The Morgan fingerprint density at radius 3 is 2.48 bits per heavy atom. The first-order chi connectivity index (χ1) is 13.0. The minimum Gasteiger partial charge on any atom is -0.494 e. The highest BCUT2D eigenvalue weighted by Gasteiger charge is 2.20. The summed E-state index contributed by atoms with van der Waals surface area (Å²) in [6, 6.07) is 13.4. The third-order valence-corrected chi connectivity index (χ3v) is 4.94. The Labute approximate surface area is 165 Å². The second kappa shape index (κ2) is 9.11. The Hall–Kier alpha value is -2.24. The third kappa shape index (κ3) is 5.37. The van der Waals surface area contributed by atoms with Crippen molar-refractivity contribution in [3.8, 4) is 5.75 Å². The standard InChI is InChI=1S/C21H26ClN3O2/c1-3-27-19-8-6-18(7-9-19)23-21(26)15-24-10-12-25(13-11-24)20-14-17(22)5-4-16(20)2/h4-9,14H,3,10-13,15H2,1-2H3,(H,23,26). The number of anilines is 2. The summed E-state index contributed by atoms with van der Waals surface area (Å²) in [6.45, 7) is 8.55. The van der Waals surface area contributed by atoms with Crippen LogP contribution in [0.1, 0.15) is 12.5 Å². The first-order valence-electron chi connectivity index (χ1n) is 9.31. The first-order valence-corrected chi connectivity index (χ1v) is 9.69. The molecule has 3 rings (SSSR count). The van der Waals surface area contributed by atoms with Crippen LogP contribution in [0.4, 0.5) is 11.4 Å². The monoisotopic (exact) mass is 387 g/mol. The Balaban J connectivity index is 1.48. The predicted octanol–water partition coefficient (Wildman–Crippen LogP) is 3.81. The molecule has 1 amide bonds. The van der Waals surface area contributed by atoms with Crippen LogP contribution >= 0.6 is 11.6 Å². The van der Waals surface area contributed by atoms with E-state index in [4.69, 9.17) is 16.3 Å². The van der Waals surface area contributed by atoms with Crippen molar-refractivity contribution in [2.45, 2.75) is 13.8 Å². The van der Waals surface area contributed by atoms with Gasteiger partial charge in [-0.25, -0.2) is 0 Å². The number of hydrogen-bond acceptors (Lipinski definition) is 4. The number of benzene rings is 2. The highest BCUT2D eigenvalue weighted by atomic mass is 35.5. The fourth-order valence-electron chi connectivity index (χ4n) is 3.27. The number of halogens is 1. The van der Waals surface area contributed by atoms with Gasteiger partial charge in [0, 0.05) is 42.6 Å². The SMILES string of the molecule is CCOc1ccc(NC(=O)CN2CCN(c3cc(Cl)ccc3C)CC2)cc1. The molecule has 1 aliphatic rings. The van der Waals surface area contributed by atoms with Crippen molar-refractivity contribution in [3.05, 3.63) is 53.1 Å². The second-order valence-corrected chi connectivity index (χ2v) is 7.14. The topological polar surface area (TPSA) is 44.8 Å². The molecule has 1 saturated heterocycles. The Kier molecular flexibility index (Phi) is 6.58. The van der Waals surface area contributed by atoms with Crippen molar-refractivity contribution in [2.75, 3.05) is 49.5 Å². The van der Waals surface area contributed by atoms with Gasteiger partial charge >= 0.3 is 0 Å². The molecule has 6 heteroatoms. The van der Waals surface area contributed by atoms with E-state index in [9.17, 15) is 4.79 Å². The van der Waals surface area contributed by atoms with E-state index >= 15 is 0 Å². The summed E-state index contributed by atoms with van der Waals surface area (Å²) >= 11 is 6.14. The highest BCUT2D eigenvalue weighted by molar-refractivity contribution is 6.30. The second-order valence-electron chi connectivity index (χ2n) is 6.70. The zero-order valence-electron chi connectivity index (χ0n) is 15.9. The number of carbonyl (C=O) groups is 1. The molecular weight excluding hydrogens is 362 g/mol. The molecule has 5 nitrogen and oxygen atoms in total. The van der Waals surface area contributed by atoms with Gasteiger partial charge in [0.15, 0.2) is 0 Å². The molecule has 0 saturated carbocycles. The van der Waals surface area contributed by atoms with Gasteiger partial charge in [0.1, 0.15) is 5.75 Å². The van der Waals surface area contributed by atoms with Crippen LogP contribution < -0.4 is 15.0 Å². The summed E-state index contributed by atoms with van der Waals surface area (Å²) in [4.78, 5) is 16.8. The van der Waals surface area contributed by atoms with E-state index in [0.717, 1.165) is 42.6 Å². The zero-order chi connectivity index (χ0) is 19.2. The number of nitrogens with zero attached hydrogens (tertiary/aromatic N) is 2. The molecule has 2 aromatic rings. The van der Waals surface area contributed by atoms with Crippen LogP contribution in [0.2, 0.25) is 5.02 Å². The summed E-state index contributed by atoms with van der Waals surface area (Å²) in [5, 5.41) is 3.71. The molecule has 27 heavy (non-hydrogen) atoms. The van der Waals surface area contributed by atoms with Crippen molar-refractivity contribution < 1.29 is 9.53 Å². The van der Waals surface area contributed by atoms with Crippen molar-refractivity contribution in [1.82, 2.24) is 4.90 Å².